The molecule has 2 aromatic rings. The van der Waals surface area contributed by atoms with Gasteiger partial charge in [0.15, 0.2) is 9.84 Å². The molecule has 0 spiro atoms. The van der Waals surface area contributed by atoms with Crippen molar-refractivity contribution in [3.63, 3.8) is 0 Å². The van der Waals surface area contributed by atoms with Crippen LogP contribution >= 0.6 is 0 Å². The lowest BCUT2D eigenvalue weighted by Crippen LogP contribution is -2.08. The van der Waals surface area contributed by atoms with Crippen LogP contribution in [-0.2, 0) is 21.3 Å². The second-order valence-electron chi connectivity index (χ2n) is 4.54. The largest absolute Gasteiger partial charge is 0.399 e. The van der Waals surface area contributed by atoms with E-state index in [1.165, 1.54) is 0 Å². The third kappa shape index (κ3) is 3.59. The van der Waals surface area contributed by atoms with Crippen molar-refractivity contribution >= 4 is 15.5 Å². The number of hydrogen-bond acceptors (Lipinski definition) is 4. The molecule has 2 rings (SSSR count). The fourth-order valence-corrected chi connectivity index (χ4v) is 3.44. The van der Waals surface area contributed by atoms with Gasteiger partial charge in [0.2, 0.25) is 0 Å². The fourth-order valence-electron chi connectivity index (χ4n) is 1.91. The molecule has 20 heavy (non-hydrogen) atoms. The Kier molecular flexibility index (Phi) is 4.06. The summed E-state index contributed by atoms with van der Waals surface area (Å²) >= 11 is 0. The van der Waals surface area contributed by atoms with Crippen molar-refractivity contribution in [1.82, 2.24) is 0 Å². The molecule has 0 aliphatic heterocycles. The Labute approximate surface area is 118 Å². The molecular weight excluding hydrogens is 272 g/mol. The van der Waals surface area contributed by atoms with Gasteiger partial charge in [-0.15, -0.1) is 0 Å². The van der Waals surface area contributed by atoms with E-state index < -0.39 is 9.84 Å². The SMILES string of the molecule is N#Cc1ccccc1CS(=O)(=O)Cc1ccc(N)cc1. The molecule has 0 saturated carbocycles. The molecule has 2 N–H and O–H groups in total. The van der Waals surface area contributed by atoms with Gasteiger partial charge in [-0.2, -0.15) is 5.26 Å². The second kappa shape index (κ2) is 5.76. The molecule has 5 heteroatoms. The number of nitriles is 1. The highest BCUT2D eigenvalue weighted by atomic mass is 32.2. The van der Waals surface area contributed by atoms with Crippen LogP contribution < -0.4 is 5.73 Å². The Morgan fingerprint density at radius 1 is 1.00 bits per heavy atom. The highest BCUT2D eigenvalue weighted by Crippen LogP contribution is 2.16. The van der Waals surface area contributed by atoms with Gasteiger partial charge in [-0.05, 0) is 29.3 Å². The minimum atomic E-state index is -3.33. The van der Waals surface area contributed by atoms with Gasteiger partial charge in [-0.3, -0.25) is 0 Å². The number of nitrogens with zero attached hydrogens (tertiary/aromatic N) is 1. The molecule has 4 nitrogen and oxygen atoms in total. The molecule has 0 aliphatic carbocycles. The van der Waals surface area contributed by atoms with Crippen LogP contribution in [0.15, 0.2) is 48.5 Å². The van der Waals surface area contributed by atoms with Gasteiger partial charge in [0.25, 0.3) is 0 Å². The number of sulfone groups is 1. The van der Waals surface area contributed by atoms with Gasteiger partial charge in [0, 0.05) is 5.69 Å². The molecule has 0 unspecified atom stereocenters. The van der Waals surface area contributed by atoms with Crippen LogP contribution in [0.5, 0.6) is 0 Å². The zero-order valence-corrected chi connectivity index (χ0v) is 11.6. The maximum Gasteiger partial charge on any atom is 0.158 e. The summed E-state index contributed by atoms with van der Waals surface area (Å²) in [5.41, 5.74) is 7.78. The Morgan fingerprint density at radius 3 is 2.30 bits per heavy atom. The van der Waals surface area contributed by atoms with Crippen LogP contribution in [0.4, 0.5) is 5.69 Å². The highest BCUT2D eigenvalue weighted by molar-refractivity contribution is 7.89. The molecule has 0 bridgehead atoms. The van der Waals surface area contributed by atoms with Crippen molar-refractivity contribution in [2.24, 2.45) is 0 Å². The van der Waals surface area contributed by atoms with Crippen LogP contribution in [-0.4, -0.2) is 8.42 Å². The van der Waals surface area contributed by atoms with E-state index in [4.69, 9.17) is 11.0 Å². The van der Waals surface area contributed by atoms with Gasteiger partial charge in [0.1, 0.15) is 0 Å². The summed E-state index contributed by atoms with van der Waals surface area (Å²) in [7, 11) is -3.33. The summed E-state index contributed by atoms with van der Waals surface area (Å²) < 4.78 is 24.4. The average molecular weight is 286 g/mol. The first kappa shape index (κ1) is 14.1. The van der Waals surface area contributed by atoms with Crippen LogP contribution in [0.1, 0.15) is 16.7 Å². The van der Waals surface area contributed by atoms with Crippen molar-refractivity contribution in [2.75, 3.05) is 5.73 Å². The van der Waals surface area contributed by atoms with Gasteiger partial charge < -0.3 is 5.73 Å². The molecule has 0 fully saturated rings. The lowest BCUT2D eigenvalue weighted by molar-refractivity contribution is 0.594. The molecule has 0 radical (unpaired) electrons. The van der Waals surface area contributed by atoms with E-state index in [-0.39, 0.29) is 11.5 Å². The van der Waals surface area contributed by atoms with Crippen LogP contribution in [0.3, 0.4) is 0 Å². The monoisotopic (exact) mass is 286 g/mol. The van der Waals surface area contributed by atoms with Gasteiger partial charge in [-0.25, -0.2) is 8.42 Å². The summed E-state index contributed by atoms with van der Waals surface area (Å²) in [4.78, 5) is 0. The summed E-state index contributed by atoms with van der Waals surface area (Å²) in [6.07, 6.45) is 0. The third-order valence-electron chi connectivity index (χ3n) is 2.88. The standard InChI is InChI=1S/C15H14N2O2S/c16-9-13-3-1-2-4-14(13)11-20(18,19)10-12-5-7-15(17)8-6-12/h1-8H,10-11,17H2. The normalized spacial score (nSPS) is 10.9. The molecule has 102 valence electrons. The predicted octanol–water partition coefficient (Wildman–Crippen LogP) is 2.26. The van der Waals surface area contributed by atoms with E-state index in [9.17, 15) is 8.42 Å². The molecule has 0 saturated heterocycles. The van der Waals surface area contributed by atoms with Crippen molar-refractivity contribution < 1.29 is 8.42 Å². The molecule has 2 aromatic carbocycles. The van der Waals surface area contributed by atoms with Crippen molar-refractivity contribution in [1.29, 1.82) is 5.26 Å². The number of anilines is 1. The Bertz CT molecular complexity index is 744. The fraction of sp³-hybridized carbons (Fsp3) is 0.133. The summed E-state index contributed by atoms with van der Waals surface area (Å²) in [5.74, 6) is -0.200. The summed E-state index contributed by atoms with van der Waals surface area (Å²) in [6.45, 7) is 0. The number of benzene rings is 2. The zero-order valence-electron chi connectivity index (χ0n) is 10.8. The van der Waals surface area contributed by atoms with Crippen LogP contribution in [0.25, 0.3) is 0 Å². The van der Waals surface area contributed by atoms with Gasteiger partial charge in [0.05, 0.1) is 23.1 Å². The average Bonchev–Trinajstić information content (AvgIpc) is 2.41. The van der Waals surface area contributed by atoms with E-state index in [2.05, 4.69) is 0 Å². The maximum absolute atomic E-state index is 12.2. The summed E-state index contributed by atoms with van der Waals surface area (Å²) in [6, 6.07) is 15.5. The van der Waals surface area contributed by atoms with Gasteiger partial charge >= 0.3 is 0 Å². The maximum atomic E-state index is 12.2. The van der Waals surface area contributed by atoms with Crippen LogP contribution in [0, 0.1) is 11.3 Å². The molecule has 0 aliphatic rings. The number of rotatable bonds is 4. The van der Waals surface area contributed by atoms with E-state index >= 15 is 0 Å². The zero-order chi connectivity index (χ0) is 14.6. The van der Waals surface area contributed by atoms with E-state index in [1.54, 1.807) is 48.5 Å². The number of nitrogens with two attached hydrogens (primary N) is 1. The topological polar surface area (TPSA) is 84.0 Å². The van der Waals surface area contributed by atoms with Crippen molar-refractivity contribution in [3.05, 3.63) is 65.2 Å². The minimum Gasteiger partial charge on any atom is -0.399 e. The third-order valence-corrected chi connectivity index (χ3v) is 4.40. The van der Waals surface area contributed by atoms with E-state index in [1.807, 2.05) is 6.07 Å². The minimum absolute atomic E-state index is 0.0625. The first-order chi connectivity index (χ1) is 9.50. The molecular formula is C15H14N2O2S. The molecule has 0 aromatic heterocycles. The van der Waals surface area contributed by atoms with Crippen LogP contribution in [0.2, 0.25) is 0 Å². The highest BCUT2D eigenvalue weighted by Gasteiger charge is 2.15. The Hall–Kier alpha value is -2.32. The van der Waals surface area contributed by atoms with Crippen molar-refractivity contribution in [2.45, 2.75) is 11.5 Å². The quantitative estimate of drug-likeness (QED) is 0.874. The Morgan fingerprint density at radius 2 is 1.65 bits per heavy atom. The van der Waals surface area contributed by atoms with Gasteiger partial charge in [-0.1, -0.05) is 30.3 Å². The lowest BCUT2D eigenvalue weighted by atomic mass is 10.1. The predicted molar refractivity (Wildman–Crippen MR) is 78.3 cm³/mol. The molecule has 0 atom stereocenters. The van der Waals surface area contributed by atoms with E-state index in [0.717, 1.165) is 0 Å². The number of hydrogen-bond donors (Lipinski definition) is 1. The molecule has 0 amide bonds. The molecule has 0 heterocycles. The Balaban J connectivity index is 2.19. The first-order valence-electron chi connectivity index (χ1n) is 6.03. The smallest absolute Gasteiger partial charge is 0.158 e. The lowest BCUT2D eigenvalue weighted by Gasteiger charge is -2.06. The second-order valence-corrected chi connectivity index (χ2v) is 6.61. The number of nitrogen functional groups attached to an aromatic ring is 1. The first-order valence-corrected chi connectivity index (χ1v) is 7.85. The summed E-state index contributed by atoms with van der Waals surface area (Å²) in [5, 5.41) is 8.98. The van der Waals surface area contributed by atoms with E-state index in [0.29, 0.717) is 22.4 Å². The van der Waals surface area contributed by atoms with Crippen molar-refractivity contribution in [3.8, 4) is 6.07 Å².